The van der Waals surface area contributed by atoms with E-state index in [1.165, 1.54) is 0 Å². The number of hydrogen-bond acceptors (Lipinski definition) is 5. The molecule has 156 valence electrons. The first-order valence-electron chi connectivity index (χ1n) is 10.2. The van der Waals surface area contributed by atoms with Crippen molar-refractivity contribution in [1.82, 2.24) is 24.8 Å². The average Bonchev–Trinajstić information content (AvgIpc) is 3.25. The molecule has 0 unspecified atom stereocenters. The number of carbonyl (C=O) groups excluding carboxylic acids is 1. The van der Waals surface area contributed by atoms with Crippen molar-refractivity contribution in [2.24, 2.45) is 0 Å². The minimum absolute atomic E-state index is 0.133. The number of amides is 1. The van der Waals surface area contributed by atoms with Gasteiger partial charge in [-0.1, -0.05) is 18.2 Å². The van der Waals surface area contributed by atoms with Crippen LogP contribution in [0.15, 0.2) is 79.1 Å². The first-order valence-corrected chi connectivity index (χ1v) is 10.2. The Morgan fingerprint density at radius 2 is 1.72 bits per heavy atom. The molecule has 0 bridgehead atoms. The van der Waals surface area contributed by atoms with Crippen molar-refractivity contribution >= 4 is 17.2 Å². The number of aromatic nitrogens is 5. The van der Waals surface area contributed by atoms with Crippen LogP contribution in [-0.4, -0.2) is 30.7 Å². The fourth-order valence-electron chi connectivity index (χ4n) is 3.43. The molecule has 0 atom stereocenters. The summed E-state index contributed by atoms with van der Waals surface area (Å²) in [5.74, 6) is 0.498. The van der Waals surface area contributed by atoms with Crippen molar-refractivity contribution in [3.8, 4) is 22.6 Å². The van der Waals surface area contributed by atoms with Gasteiger partial charge in [-0.3, -0.25) is 9.78 Å². The number of pyridine rings is 1. The highest BCUT2D eigenvalue weighted by Gasteiger charge is 2.12. The molecule has 0 aliphatic heterocycles. The summed E-state index contributed by atoms with van der Waals surface area (Å²) in [6, 6.07) is 20.8. The average molecular weight is 420 g/mol. The largest absolute Gasteiger partial charge is 0.322 e. The second-order valence-corrected chi connectivity index (χ2v) is 7.58. The lowest BCUT2D eigenvalue weighted by atomic mass is 10.1. The summed E-state index contributed by atoms with van der Waals surface area (Å²) < 4.78 is 1.71. The lowest BCUT2D eigenvalue weighted by Crippen LogP contribution is -2.12. The van der Waals surface area contributed by atoms with E-state index in [4.69, 9.17) is 5.10 Å². The lowest BCUT2D eigenvalue weighted by molar-refractivity contribution is 0.102. The van der Waals surface area contributed by atoms with E-state index in [1.807, 2.05) is 80.6 Å². The van der Waals surface area contributed by atoms with Gasteiger partial charge in [0, 0.05) is 34.8 Å². The predicted molar refractivity (Wildman–Crippen MR) is 123 cm³/mol. The van der Waals surface area contributed by atoms with Crippen LogP contribution in [0.3, 0.4) is 0 Å². The van der Waals surface area contributed by atoms with Gasteiger partial charge in [-0.25, -0.2) is 0 Å². The number of nitrogens with zero attached hydrogens (tertiary/aromatic N) is 5. The summed E-state index contributed by atoms with van der Waals surface area (Å²) in [5.41, 5.74) is 6.80. The molecule has 7 heteroatoms. The molecule has 1 N–H and O–H groups in total. The molecule has 3 heterocycles. The summed E-state index contributed by atoms with van der Waals surface area (Å²) in [6.07, 6.45) is 3.45. The van der Waals surface area contributed by atoms with Crippen LogP contribution in [-0.2, 0) is 0 Å². The van der Waals surface area contributed by atoms with Gasteiger partial charge in [-0.05, 0) is 73.5 Å². The van der Waals surface area contributed by atoms with Gasteiger partial charge >= 0.3 is 0 Å². The predicted octanol–water partition coefficient (Wildman–Crippen LogP) is 4.72. The van der Waals surface area contributed by atoms with E-state index < -0.39 is 0 Å². The summed E-state index contributed by atoms with van der Waals surface area (Å²) in [7, 11) is 0. The van der Waals surface area contributed by atoms with Gasteiger partial charge in [0.25, 0.3) is 5.91 Å². The molecule has 5 rings (SSSR count). The Kier molecular flexibility index (Phi) is 4.91. The molecule has 3 aromatic heterocycles. The van der Waals surface area contributed by atoms with E-state index in [1.54, 1.807) is 16.9 Å². The Hall–Kier alpha value is -4.39. The second-order valence-electron chi connectivity index (χ2n) is 7.58. The van der Waals surface area contributed by atoms with Gasteiger partial charge in [0.2, 0.25) is 0 Å². The van der Waals surface area contributed by atoms with Gasteiger partial charge in [-0.15, -0.1) is 10.2 Å². The highest BCUT2D eigenvalue weighted by molar-refractivity contribution is 6.04. The number of aryl methyl sites for hydroxylation is 2. The Morgan fingerprint density at radius 3 is 2.47 bits per heavy atom. The molecule has 0 fully saturated rings. The maximum Gasteiger partial charge on any atom is 0.255 e. The molecule has 0 radical (unpaired) electrons. The number of nitrogens with one attached hydrogen (secondary N) is 1. The Bertz CT molecular complexity index is 1420. The lowest BCUT2D eigenvalue weighted by Gasteiger charge is -2.08. The summed E-state index contributed by atoms with van der Waals surface area (Å²) in [4.78, 5) is 16.7. The van der Waals surface area contributed by atoms with Crippen LogP contribution >= 0.6 is 0 Å². The first-order chi connectivity index (χ1) is 15.6. The van der Waals surface area contributed by atoms with E-state index >= 15 is 0 Å². The van der Waals surface area contributed by atoms with Gasteiger partial charge < -0.3 is 5.32 Å². The Balaban J connectivity index is 1.40. The number of hydrogen-bond donors (Lipinski definition) is 1. The molecule has 0 saturated heterocycles. The molecule has 0 aliphatic rings. The topological polar surface area (TPSA) is 85.1 Å². The van der Waals surface area contributed by atoms with E-state index in [-0.39, 0.29) is 5.91 Å². The molecule has 0 spiro atoms. The zero-order valence-electron chi connectivity index (χ0n) is 17.6. The molecule has 0 saturated carbocycles. The van der Waals surface area contributed by atoms with E-state index in [0.29, 0.717) is 17.0 Å². The van der Waals surface area contributed by atoms with Crippen LogP contribution in [0.4, 0.5) is 5.69 Å². The minimum Gasteiger partial charge on any atom is -0.322 e. The smallest absolute Gasteiger partial charge is 0.255 e. The normalized spacial score (nSPS) is 10.9. The monoisotopic (exact) mass is 420 g/mol. The Labute approximate surface area is 184 Å². The highest BCUT2D eigenvalue weighted by Crippen LogP contribution is 2.23. The quantitative estimate of drug-likeness (QED) is 0.455. The van der Waals surface area contributed by atoms with Crippen LogP contribution in [0.1, 0.15) is 21.5 Å². The molecule has 1 amide bonds. The van der Waals surface area contributed by atoms with E-state index in [2.05, 4.69) is 20.5 Å². The van der Waals surface area contributed by atoms with Gasteiger partial charge in [0.05, 0.1) is 5.69 Å². The van der Waals surface area contributed by atoms with Crippen molar-refractivity contribution < 1.29 is 4.79 Å². The third-order valence-corrected chi connectivity index (χ3v) is 5.39. The number of anilines is 1. The maximum absolute atomic E-state index is 12.6. The van der Waals surface area contributed by atoms with Crippen LogP contribution in [0, 0.1) is 13.8 Å². The number of benzene rings is 2. The SMILES string of the molecule is Cc1ccc(C(=O)Nc2ccc(-c3ccc4nnc(-c5cccnc5)n4n3)cc2)cc1C. The molecular formula is C25H20N6O. The van der Waals surface area contributed by atoms with E-state index in [0.717, 1.165) is 33.6 Å². The van der Waals surface area contributed by atoms with Crippen molar-refractivity contribution in [1.29, 1.82) is 0 Å². The molecule has 7 nitrogen and oxygen atoms in total. The third kappa shape index (κ3) is 3.72. The van der Waals surface area contributed by atoms with Gasteiger partial charge in [-0.2, -0.15) is 9.61 Å². The highest BCUT2D eigenvalue weighted by atomic mass is 16.1. The number of fused-ring (bicyclic) bond motifs is 1. The van der Waals surface area contributed by atoms with Crippen LogP contribution in [0.5, 0.6) is 0 Å². The van der Waals surface area contributed by atoms with E-state index in [9.17, 15) is 4.79 Å². The zero-order valence-corrected chi connectivity index (χ0v) is 17.6. The summed E-state index contributed by atoms with van der Waals surface area (Å²) in [6.45, 7) is 4.03. The zero-order chi connectivity index (χ0) is 22.1. The van der Waals surface area contributed by atoms with Crippen molar-refractivity contribution in [2.75, 3.05) is 5.32 Å². The fourth-order valence-corrected chi connectivity index (χ4v) is 3.43. The fraction of sp³-hybridized carbons (Fsp3) is 0.0800. The maximum atomic E-state index is 12.6. The summed E-state index contributed by atoms with van der Waals surface area (Å²) >= 11 is 0. The third-order valence-electron chi connectivity index (χ3n) is 5.39. The van der Waals surface area contributed by atoms with Crippen LogP contribution in [0.25, 0.3) is 28.3 Å². The van der Waals surface area contributed by atoms with Gasteiger partial charge in [0.1, 0.15) is 0 Å². The number of carbonyl (C=O) groups is 1. The van der Waals surface area contributed by atoms with Crippen molar-refractivity contribution in [3.63, 3.8) is 0 Å². The molecule has 0 aliphatic carbocycles. The van der Waals surface area contributed by atoms with Crippen LogP contribution < -0.4 is 5.32 Å². The molecule has 32 heavy (non-hydrogen) atoms. The number of rotatable bonds is 4. The minimum atomic E-state index is -0.133. The molecular weight excluding hydrogens is 400 g/mol. The van der Waals surface area contributed by atoms with Crippen LogP contribution in [0.2, 0.25) is 0 Å². The molecule has 2 aromatic carbocycles. The van der Waals surface area contributed by atoms with Crippen molar-refractivity contribution in [2.45, 2.75) is 13.8 Å². The van der Waals surface area contributed by atoms with Gasteiger partial charge in [0.15, 0.2) is 11.5 Å². The standard InChI is InChI=1S/C25H20N6O/c1-16-5-6-19(14-17(16)2)25(32)27-21-9-7-18(8-10-21)22-11-12-23-28-29-24(31(23)30-22)20-4-3-13-26-15-20/h3-15H,1-2H3,(H,27,32). The second kappa shape index (κ2) is 8.03. The molecule has 5 aromatic rings. The summed E-state index contributed by atoms with van der Waals surface area (Å²) in [5, 5.41) is 16.1. The first kappa shape index (κ1) is 19.6. The van der Waals surface area contributed by atoms with Crippen molar-refractivity contribution in [3.05, 3.63) is 95.8 Å². The Morgan fingerprint density at radius 1 is 0.875 bits per heavy atom.